The monoisotopic (exact) mass is 266 g/mol. The molecule has 0 atom stereocenters. The summed E-state index contributed by atoms with van der Waals surface area (Å²) in [4.78, 5) is 12.2. The lowest BCUT2D eigenvalue weighted by molar-refractivity contribution is -0.116. The first-order chi connectivity index (χ1) is 9.76. The number of carbonyl (C=O) groups is 1. The summed E-state index contributed by atoms with van der Waals surface area (Å²) in [5, 5.41) is 0. The van der Waals surface area contributed by atoms with E-state index < -0.39 is 0 Å². The highest BCUT2D eigenvalue weighted by molar-refractivity contribution is 5.97. The zero-order chi connectivity index (χ0) is 14.4. The highest BCUT2D eigenvalue weighted by Gasteiger charge is 2.22. The molecular weight excluding hydrogens is 248 g/mol. The van der Waals surface area contributed by atoms with Crippen molar-refractivity contribution in [3.05, 3.63) is 59.4 Å². The fourth-order valence-electron chi connectivity index (χ4n) is 2.39. The molecule has 0 radical (unpaired) electrons. The van der Waals surface area contributed by atoms with E-state index in [0.29, 0.717) is 19.4 Å². The summed E-state index contributed by atoms with van der Waals surface area (Å²) in [7, 11) is 0. The van der Waals surface area contributed by atoms with E-state index in [0.717, 1.165) is 35.3 Å². The molecule has 0 N–H and O–H groups in total. The average molecular weight is 266 g/mol. The lowest BCUT2D eigenvalue weighted by Gasteiger charge is -2.20. The van der Waals surface area contributed by atoms with E-state index in [1.165, 1.54) is 0 Å². The Balaban J connectivity index is 2.31. The number of hydrogen-bond acceptors (Lipinski definition) is 2. The maximum absolute atomic E-state index is 12.2. The lowest BCUT2D eigenvalue weighted by Crippen LogP contribution is -2.16. The SMILES string of the molecule is C#Cc1ccccc1CC1=C(OCC=C)CCCC1=O. The molecule has 0 unspecified atom stereocenters. The number of rotatable bonds is 5. The third-order valence-electron chi connectivity index (χ3n) is 3.40. The Bertz CT molecular complexity index is 588. The summed E-state index contributed by atoms with van der Waals surface area (Å²) in [6.07, 6.45) is 10.0. The van der Waals surface area contributed by atoms with E-state index >= 15 is 0 Å². The predicted octanol–water partition coefficient (Wildman–Crippen LogP) is 3.42. The molecule has 0 heterocycles. The van der Waals surface area contributed by atoms with Crippen LogP contribution in [0.1, 0.15) is 30.4 Å². The molecule has 2 nitrogen and oxygen atoms in total. The molecule has 2 rings (SSSR count). The third-order valence-corrected chi connectivity index (χ3v) is 3.40. The van der Waals surface area contributed by atoms with E-state index in [-0.39, 0.29) is 5.78 Å². The van der Waals surface area contributed by atoms with Crippen molar-refractivity contribution in [3.8, 4) is 12.3 Å². The number of ketones is 1. The molecule has 1 aromatic carbocycles. The zero-order valence-electron chi connectivity index (χ0n) is 11.5. The van der Waals surface area contributed by atoms with Crippen molar-refractivity contribution >= 4 is 5.78 Å². The van der Waals surface area contributed by atoms with Gasteiger partial charge in [0, 0.05) is 30.4 Å². The zero-order valence-corrected chi connectivity index (χ0v) is 11.5. The van der Waals surface area contributed by atoms with Crippen LogP contribution in [0.2, 0.25) is 0 Å². The van der Waals surface area contributed by atoms with Gasteiger partial charge in [0.05, 0.1) is 0 Å². The normalized spacial score (nSPS) is 14.8. The molecule has 0 saturated heterocycles. The van der Waals surface area contributed by atoms with E-state index in [1.807, 2.05) is 24.3 Å². The summed E-state index contributed by atoms with van der Waals surface area (Å²) < 4.78 is 5.65. The Morgan fingerprint density at radius 2 is 2.15 bits per heavy atom. The fraction of sp³-hybridized carbons (Fsp3) is 0.278. The number of benzene rings is 1. The van der Waals surface area contributed by atoms with Crippen LogP contribution in [0.15, 0.2) is 48.3 Å². The second kappa shape index (κ2) is 6.77. The van der Waals surface area contributed by atoms with Gasteiger partial charge in [-0.15, -0.1) is 6.42 Å². The average Bonchev–Trinajstić information content (AvgIpc) is 2.48. The Labute approximate surface area is 120 Å². The van der Waals surface area contributed by atoms with Gasteiger partial charge < -0.3 is 4.74 Å². The quantitative estimate of drug-likeness (QED) is 0.603. The fourth-order valence-corrected chi connectivity index (χ4v) is 2.39. The molecule has 0 bridgehead atoms. The molecule has 1 aliphatic carbocycles. The molecule has 20 heavy (non-hydrogen) atoms. The van der Waals surface area contributed by atoms with Gasteiger partial charge in [0.2, 0.25) is 0 Å². The van der Waals surface area contributed by atoms with Gasteiger partial charge in [-0.05, 0) is 18.1 Å². The Hall–Kier alpha value is -2.27. The van der Waals surface area contributed by atoms with E-state index in [9.17, 15) is 4.79 Å². The summed E-state index contributed by atoms with van der Waals surface area (Å²) in [6.45, 7) is 4.07. The van der Waals surface area contributed by atoms with Gasteiger partial charge in [-0.3, -0.25) is 4.79 Å². The van der Waals surface area contributed by atoms with Crippen LogP contribution in [-0.4, -0.2) is 12.4 Å². The van der Waals surface area contributed by atoms with Crippen LogP contribution in [0.25, 0.3) is 0 Å². The molecule has 0 spiro atoms. The van der Waals surface area contributed by atoms with Gasteiger partial charge >= 0.3 is 0 Å². The van der Waals surface area contributed by atoms with Crippen molar-refractivity contribution in [1.82, 2.24) is 0 Å². The van der Waals surface area contributed by atoms with Crippen molar-refractivity contribution in [1.29, 1.82) is 0 Å². The lowest BCUT2D eigenvalue weighted by atomic mass is 9.90. The summed E-state index contributed by atoms with van der Waals surface area (Å²) >= 11 is 0. The minimum absolute atomic E-state index is 0.169. The van der Waals surface area contributed by atoms with Gasteiger partial charge in [-0.25, -0.2) is 0 Å². The molecule has 0 aromatic heterocycles. The molecule has 102 valence electrons. The van der Waals surface area contributed by atoms with Crippen LogP contribution in [0.5, 0.6) is 0 Å². The first-order valence-corrected chi connectivity index (χ1v) is 6.79. The van der Waals surface area contributed by atoms with Crippen LogP contribution >= 0.6 is 0 Å². The van der Waals surface area contributed by atoms with Crippen molar-refractivity contribution in [2.24, 2.45) is 0 Å². The van der Waals surface area contributed by atoms with Gasteiger partial charge in [-0.2, -0.15) is 0 Å². The molecule has 2 heteroatoms. The highest BCUT2D eigenvalue weighted by atomic mass is 16.5. The van der Waals surface area contributed by atoms with Gasteiger partial charge in [0.1, 0.15) is 12.4 Å². The maximum atomic E-state index is 12.2. The highest BCUT2D eigenvalue weighted by Crippen LogP contribution is 2.26. The summed E-state index contributed by atoms with van der Waals surface area (Å²) in [5.74, 6) is 3.63. The van der Waals surface area contributed by atoms with Gasteiger partial charge in [0.25, 0.3) is 0 Å². The van der Waals surface area contributed by atoms with E-state index in [4.69, 9.17) is 11.2 Å². The topological polar surface area (TPSA) is 26.3 Å². The first kappa shape index (κ1) is 14.1. The smallest absolute Gasteiger partial charge is 0.162 e. The van der Waals surface area contributed by atoms with Crippen LogP contribution in [0.3, 0.4) is 0 Å². The van der Waals surface area contributed by atoms with Crippen LogP contribution in [0.4, 0.5) is 0 Å². The second-order valence-electron chi connectivity index (χ2n) is 4.76. The number of terminal acetylenes is 1. The van der Waals surface area contributed by atoms with Crippen molar-refractivity contribution in [2.75, 3.05) is 6.61 Å². The molecule has 1 aliphatic rings. The first-order valence-electron chi connectivity index (χ1n) is 6.79. The van der Waals surface area contributed by atoms with Crippen LogP contribution in [-0.2, 0) is 16.0 Å². The number of allylic oxidation sites excluding steroid dienone is 2. The van der Waals surface area contributed by atoms with Crippen molar-refractivity contribution in [2.45, 2.75) is 25.7 Å². The summed E-state index contributed by atoms with van der Waals surface area (Å²) in [5.41, 5.74) is 2.60. The largest absolute Gasteiger partial charge is 0.493 e. The molecule has 0 amide bonds. The van der Waals surface area contributed by atoms with E-state index in [1.54, 1.807) is 6.08 Å². The van der Waals surface area contributed by atoms with Crippen LogP contribution in [0, 0.1) is 12.3 Å². The number of hydrogen-bond donors (Lipinski definition) is 0. The van der Waals surface area contributed by atoms with Crippen LogP contribution < -0.4 is 0 Å². The Morgan fingerprint density at radius 1 is 1.35 bits per heavy atom. The summed E-state index contributed by atoms with van der Waals surface area (Å²) in [6, 6.07) is 7.71. The van der Waals surface area contributed by atoms with Gasteiger partial charge in [0.15, 0.2) is 5.78 Å². The minimum atomic E-state index is 0.169. The third kappa shape index (κ3) is 3.19. The minimum Gasteiger partial charge on any atom is -0.493 e. The van der Waals surface area contributed by atoms with Gasteiger partial charge in [-0.1, -0.05) is 36.8 Å². The standard InChI is InChI=1S/C18H18O2/c1-3-12-20-18-11-7-10-17(19)16(18)13-15-9-6-5-8-14(15)4-2/h2-3,5-6,8-9H,1,7,10-13H2. The number of Topliss-reactive ketones (excluding diaryl/α,β-unsaturated/α-hetero) is 1. The molecule has 1 aromatic rings. The van der Waals surface area contributed by atoms with Crippen molar-refractivity contribution in [3.63, 3.8) is 0 Å². The molecule has 0 aliphatic heterocycles. The number of carbonyl (C=O) groups excluding carboxylic acids is 1. The Kier molecular flexibility index (Phi) is 4.79. The molecular formula is C18H18O2. The van der Waals surface area contributed by atoms with Crippen molar-refractivity contribution < 1.29 is 9.53 Å². The number of ether oxygens (including phenoxy) is 1. The van der Waals surface area contributed by atoms with E-state index in [2.05, 4.69) is 12.5 Å². The molecule has 0 saturated carbocycles. The maximum Gasteiger partial charge on any atom is 0.162 e. The predicted molar refractivity (Wildman–Crippen MR) is 80.1 cm³/mol. The molecule has 0 fully saturated rings. The Morgan fingerprint density at radius 3 is 2.90 bits per heavy atom. The second-order valence-corrected chi connectivity index (χ2v) is 4.76.